The SMILES string of the molecule is c1ccc(-c2ccc(-c3ccc(N(c4ccc(-c5ccc(-c6ccccc6)cc5)cc4)c4ccc(-c5ccc(N(c6ccc(-c7ccccc7)cc6)c6ccc(-c7cc(-c8ccccc8)cc(-c8ccccc8)c7)cc6)cc5)cc4)cc3)cc2)cc1. The molecular formula is C84H60N2. The maximum Gasteiger partial charge on any atom is 0.0462 e. The predicted octanol–water partition coefficient (Wildman–Crippen LogP) is 23.6. The lowest BCUT2D eigenvalue weighted by Gasteiger charge is -2.27. The van der Waals surface area contributed by atoms with E-state index in [-0.39, 0.29) is 0 Å². The summed E-state index contributed by atoms with van der Waals surface area (Å²) in [5.41, 5.74) is 27.8. The van der Waals surface area contributed by atoms with Gasteiger partial charge in [0.1, 0.15) is 0 Å². The molecule has 0 atom stereocenters. The van der Waals surface area contributed by atoms with E-state index in [0.717, 1.165) is 50.8 Å². The van der Waals surface area contributed by atoms with Crippen LogP contribution in [0.15, 0.2) is 364 Å². The van der Waals surface area contributed by atoms with Gasteiger partial charge in [0.15, 0.2) is 0 Å². The molecule has 0 saturated heterocycles. The highest BCUT2D eigenvalue weighted by molar-refractivity contribution is 5.86. The van der Waals surface area contributed by atoms with Gasteiger partial charge < -0.3 is 9.80 Å². The highest BCUT2D eigenvalue weighted by atomic mass is 15.1. The number of hydrogen-bond acceptors (Lipinski definition) is 2. The van der Waals surface area contributed by atoms with Gasteiger partial charge in [0.05, 0.1) is 0 Å². The van der Waals surface area contributed by atoms with E-state index in [4.69, 9.17) is 0 Å². The van der Waals surface area contributed by atoms with E-state index in [1.165, 1.54) is 83.5 Å². The quantitative estimate of drug-likeness (QED) is 0.101. The van der Waals surface area contributed by atoms with Crippen molar-refractivity contribution in [3.63, 3.8) is 0 Å². The highest BCUT2D eigenvalue weighted by Gasteiger charge is 2.18. The molecule has 0 saturated carbocycles. The fourth-order valence-electron chi connectivity index (χ4n) is 11.7. The lowest BCUT2D eigenvalue weighted by atomic mass is 9.93. The smallest absolute Gasteiger partial charge is 0.0462 e. The maximum atomic E-state index is 2.36. The molecule has 86 heavy (non-hydrogen) atoms. The first-order valence-corrected chi connectivity index (χ1v) is 29.4. The average Bonchev–Trinajstić information content (AvgIpc) is 3.74. The second kappa shape index (κ2) is 24.3. The van der Waals surface area contributed by atoms with Crippen molar-refractivity contribution < 1.29 is 0 Å². The minimum Gasteiger partial charge on any atom is -0.311 e. The Hall–Kier alpha value is -11.3. The van der Waals surface area contributed by atoms with Gasteiger partial charge in [-0.1, -0.05) is 273 Å². The molecular weight excluding hydrogens is 1040 g/mol. The van der Waals surface area contributed by atoms with Crippen molar-refractivity contribution in [2.45, 2.75) is 0 Å². The summed E-state index contributed by atoms with van der Waals surface area (Å²) in [6.45, 7) is 0. The minimum absolute atomic E-state index is 1.07. The Morgan fingerprint density at radius 2 is 0.221 bits per heavy atom. The summed E-state index contributed by atoms with van der Waals surface area (Å²) >= 11 is 0. The fraction of sp³-hybridized carbons (Fsp3) is 0. The van der Waals surface area contributed by atoms with Crippen molar-refractivity contribution in [1.29, 1.82) is 0 Å². The van der Waals surface area contributed by atoms with Crippen LogP contribution in [-0.4, -0.2) is 0 Å². The zero-order valence-corrected chi connectivity index (χ0v) is 47.5. The van der Waals surface area contributed by atoms with Crippen LogP contribution in [-0.2, 0) is 0 Å². The Kier molecular flexibility index (Phi) is 14.9. The lowest BCUT2D eigenvalue weighted by molar-refractivity contribution is 1.28. The second-order valence-corrected chi connectivity index (χ2v) is 21.7. The molecule has 0 radical (unpaired) electrons. The van der Waals surface area contributed by atoms with Crippen LogP contribution in [0.4, 0.5) is 34.1 Å². The first-order valence-electron chi connectivity index (χ1n) is 29.4. The molecule has 14 aromatic carbocycles. The molecule has 0 amide bonds. The van der Waals surface area contributed by atoms with Crippen molar-refractivity contribution in [2.75, 3.05) is 9.80 Å². The van der Waals surface area contributed by atoms with E-state index in [0.29, 0.717) is 0 Å². The number of anilines is 6. The topological polar surface area (TPSA) is 6.48 Å². The van der Waals surface area contributed by atoms with Gasteiger partial charge in [-0.05, 0) is 191 Å². The molecule has 0 aliphatic carbocycles. The van der Waals surface area contributed by atoms with Gasteiger partial charge >= 0.3 is 0 Å². The lowest BCUT2D eigenvalue weighted by Crippen LogP contribution is -2.10. The average molecular weight is 1100 g/mol. The Morgan fingerprint density at radius 3 is 0.384 bits per heavy atom. The van der Waals surface area contributed by atoms with Gasteiger partial charge in [0, 0.05) is 34.1 Å². The van der Waals surface area contributed by atoms with Crippen LogP contribution in [0.5, 0.6) is 0 Å². The van der Waals surface area contributed by atoms with E-state index >= 15 is 0 Å². The van der Waals surface area contributed by atoms with Crippen molar-refractivity contribution in [1.82, 2.24) is 0 Å². The molecule has 0 fully saturated rings. The highest BCUT2D eigenvalue weighted by Crippen LogP contribution is 2.42. The summed E-state index contributed by atoms with van der Waals surface area (Å²) in [6, 6.07) is 132. The summed E-state index contributed by atoms with van der Waals surface area (Å²) in [7, 11) is 0. The molecule has 0 unspecified atom stereocenters. The number of benzene rings is 14. The van der Waals surface area contributed by atoms with Crippen molar-refractivity contribution in [2.24, 2.45) is 0 Å². The van der Waals surface area contributed by atoms with Crippen LogP contribution in [0, 0.1) is 0 Å². The van der Waals surface area contributed by atoms with Crippen molar-refractivity contribution >= 4 is 34.1 Å². The van der Waals surface area contributed by atoms with Gasteiger partial charge in [0.25, 0.3) is 0 Å². The standard InChI is InChI=1S/C84H60N2/c1-6-16-61(17-7-1)66-26-30-68(31-27-66)71-36-48-80(49-37-71)85(81-50-38-72(39-51-81)69-32-28-67(29-33-69)62-18-8-2-9-19-62)82-52-40-73(41-53-82)74-42-54-83(55-43-74)86(79-46-34-70(35-47-79)63-20-10-3-11-21-63)84-56-44-75(45-57-84)78-59-76(64-22-12-4-13-23-64)58-77(60-78)65-24-14-5-15-25-65/h1-60H. The van der Waals surface area contributed by atoms with Gasteiger partial charge in [0.2, 0.25) is 0 Å². The molecule has 14 aromatic rings. The monoisotopic (exact) mass is 1100 g/mol. The molecule has 0 aliphatic rings. The summed E-state index contributed by atoms with van der Waals surface area (Å²) in [6.07, 6.45) is 0. The Morgan fingerprint density at radius 1 is 0.105 bits per heavy atom. The third-order valence-corrected chi connectivity index (χ3v) is 16.3. The van der Waals surface area contributed by atoms with Crippen molar-refractivity contribution in [3.05, 3.63) is 364 Å². The first kappa shape index (κ1) is 52.7. The zero-order chi connectivity index (χ0) is 57.4. The summed E-state index contributed by atoms with van der Waals surface area (Å²) in [4.78, 5) is 4.71. The van der Waals surface area contributed by atoms with Crippen molar-refractivity contribution in [3.8, 4) is 100 Å². The Labute approximate surface area is 505 Å². The molecule has 0 bridgehead atoms. The molecule has 406 valence electrons. The van der Waals surface area contributed by atoms with E-state index < -0.39 is 0 Å². The molecule has 0 spiro atoms. The van der Waals surface area contributed by atoms with Crippen LogP contribution in [0.2, 0.25) is 0 Å². The molecule has 14 rings (SSSR count). The summed E-state index contributed by atoms with van der Waals surface area (Å²) in [5.74, 6) is 0. The zero-order valence-electron chi connectivity index (χ0n) is 47.5. The first-order chi connectivity index (χ1) is 42.6. The fourth-order valence-corrected chi connectivity index (χ4v) is 11.7. The largest absolute Gasteiger partial charge is 0.311 e. The molecule has 0 aliphatic heterocycles. The third-order valence-electron chi connectivity index (χ3n) is 16.3. The minimum atomic E-state index is 1.07. The molecule has 0 aromatic heterocycles. The molecule has 0 N–H and O–H groups in total. The van der Waals surface area contributed by atoms with Crippen LogP contribution >= 0.6 is 0 Å². The van der Waals surface area contributed by atoms with Gasteiger partial charge in [-0.25, -0.2) is 0 Å². The van der Waals surface area contributed by atoms with Gasteiger partial charge in [-0.2, -0.15) is 0 Å². The normalized spacial score (nSPS) is 11.0. The van der Waals surface area contributed by atoms with E-state index in [1.54, 1.807) is 0 Å². The van der Waals surface area contributed by atoms with Crippen LogP contribution < -0.4 is 9.80 Å². The summed E-state index contributed by atoms with van der Waals surface area (Å²) in [5, 5.41) is 0. The van der Waals surface area contributed by atoms with Gasteiger partial charge in [-0.3, -0.25) is 0 Å². The van der Waals surface area contributed by atoms with Crippen LogP contribution in [0.3, 0.4) is 0 Å². The van der Waals surface area contributed by atoms with Gasteiger partial charge in [-0.15, -0.1) is 0 Å². The summed E-state index contributed by atoms with van der Waals surface area (Å²) < 4.78 is 0. The van der Waals surface area contributed by atoms with Crippen LogP contribution in [0.1, 0.15) is 0 Å². The van der Waals surface area contributed by atoms with E-state index in [9.17, 15) is 0 Å². The number of hydrogen-bond donors (Lipinski definition) is 0. The maximum absolute atomic E-state index is 2.36. The Bertz CT molecular complexity index is 4310. The van der Waals surface area contributed by atoms with Crippen LogP contribution in [0.25, 0.3) is 100 Å². The molecule has 2 nitrogen and oxygen atoms in total. The number of rotatable bonds is 15. The van der Waals surface area contributed by atoms with E-state index in [1.807, 2.05) is 0 Å². The predicted molar refractivity (Wildman–Crippen MR) is 365 cm³/mol. The number of nitrogens with zero attached hydrogens (tertiary/aromatic N) is 2. The molecule has 2 heteroatoms. The Balaban J connectivity index is 0.772. The second-order valence-electron chi connectivity index (χ2n) is 21.7. The van der Waals surface area contributed by atoms with E-state index in [2.05, 4.69) is 374 Å². The molecule has 0 heterocycles. The third kappa shape index (κ3) is 11.4.